The van der Waals surface area contributed by atoms with Crippen LogP contribution < -0.4 is 26.6 Å². The second-order valence-corrected chi connectivity index (χ2v) is 5.90. The van der Waals surface area contributed by atoms with Crippen LogP contribution in [0.2, 0.25) is 0 Å². The zero-order valence-corrected chi connectivity index (χ0v) is 15.7. The molecule has 0 heterocycles. The minimum absolute atomic E-state index is 0.252. The van der Waals surface area contributed by atoms with E-state index in [-0.39, 0.29) is 23.4 Å². The molecule has 0 saturated heterocycles. The maximum atomic E-state index is 12.6. The Bertz CT molecular complexity index is 875. The number of nitrogens with one attached hydrogen (secondary N) is 5. The van der Waals surface area contributed by atoms with Gasteiger partial charge in [0, 0.05) is 49.2 Å². The number of carbonyl (C=O) groups is 4. The van der Waals surface area contributed by atoms with Gasteiger partial charge in [-0.25, -0.2) is 4.79 Å². The fraction of sp³-hybridized carbons (Fsp3) is 0.158. The van der Waals surface area contributed by atoms with Crippen LogP contribution in [0.3, 0.4) is 0 Å². The molecule has 0 fully saturated rings. The number of hydrogen-bond donors (Lipinski definition) is 5. The Morgan fingerprint density at radius 3 is 1.54 bits per heavy atom. The summed E-state index contributed by atoms with van der Waals surface area (Å²) in [6.07, 6.45) is 0. The molecule has 0 radical (unpaired) electrons. The van der Waals surface area contributed by atoms with Crippen molar-refractivity contribution in [2.45, 2.75) is 13.8 Å². The van der Waals surface area contributed by atoms with Gasteiger partial charge in [-0.05, 0) is 42.5 Å². The molecule has 0 unspecified atom stereocenters. The zero-order valence-electron chi connectivity index (χ0n) is 15.7. The van der Waals surface area contributed by atoms with Gasteiger partial charge >= 0.3 is 6.03 Å². The first kappa shape index (κ1) is 20.4. The fourth-order valence-corrected chi connectivity index (χ4v) is 2.34. The van der Waals surface area contributed by atoms with Gasteiger partial charge in [0.2, 0.25) is 11.8 Å². The molecule has 5 N–H and O–H groups in total. The van der Waals surface area contributed by atoms with Crippen molar-refractivity contribution < 1.29 is 19.2 Å². The Balaban J connectivity index is 2.19. The lowest BCUT2D eigenvalue weighted by Crippen LogP contribution is -2.24. The van der Waals surface area contributed by atoms with Crippen LogP contribution in [0.4, 0.5) is 27.5 Å². The third-order valence-corrected chi connectivity index (χ3v) is 3.46. The molecule has 2 aromatic rings. The molecule has 0 saturated carbocycles. The van der Waals surface area contributed by atoms with Crippen molar-refractivity contribution >= 4 is 46.5 Å². The van der Waals surface area contributed by atoms with Crippen molar-refractivity contribution in [1.82, 2.24) is 5.32 Å². The Morgan fingerprint density at radius 1 is 0.643 bits per heavy atom. The van der Waals surface area contributed by atoms with E-state index in [0.717, 1.165) is 0 Å². The Labute approximate surface area is 161 Å². The molecular formula is C19H21N5O4. The van der Waals surface area contributed by atoms with Gasteiger partial charge in [0.1, 0.15) is 0 Å². The minimum atomic E-state index is -0.425. The zero-order chi connectivity index (χ0) is 20.7. The highest BCUT2D eigenvalue weighted by atomic mass is 16.2. The predicted molar refractivity (Wildman–Crippen MR) is 108 cm³/mol. The maximum Gasteiger partial charge on any atom is 0.318 e. The van der Waals surface area contributed by atoms with Gasteiger partial charge < -0.3 is 26.6 Å². The summed E-state index contributed by atoms with van der Waals surface area (Å²) in [5.41, 5.74) is 2.10. The van der Waals surface area contributed by atoms with E-state index in [0.29, 0.717) is 22.7 Å². The summed E-state index contributed by atoms with van der Waals surface area (Å²) < 4.78 is 0. The van der Waals surface area contributed by atoms with E-state index in [1.807, 2.05) is 0 Å². The van der Waals surface area contributed by atoms with Crippen LogP contribution in [0.15, 0.2) is 42.5 Å². The molecule has 5 amide bonds. The molecule has 146 valence electrons. The second-order valence-electron chi connectivity index (χ2n) is 5.90. The molecule has 0 aliphatic carbocycles. The summed E-state index contributed by atoms with van der Waals surface area (Å²) in [5, 5.41) is 13.0. The van der Waals surface area contributed by atoms with Crippen LogP contribution in [-0.4, -0.2) is 30.8 Å². The Morgan fingerprint density at radius 2 is 1.11 bits per heavy atom. The summed E-state index contributed by atoms with van der Waals surface area (Å²) in [5.74, 6) is -1.03. The lowest BCUT2D eigenvalue weighted by atomic mass is 10.1. The van der Waals surface area contributed by atoms with Crippen molar-refractivity contribution in [2.24, 2.45) is 0 Å². The molecule has 0 aliphatic rings. The number of anilines is 4. The molecule has 0 spiro atoms. The highest BCUT2D eigenvalue weighted by molar-refractivity contribution is 6.07. The first-order valence-corrected chi connectivity index (χ1v) is 8.37. The lowest BCUT2D eigenvalue weighted by Gasteiger charge is -2.11. The summed E-state index contributed by atoms with van der Waals surface area (Å²) in [6, 6.07) is 10.8. The molecule has 2 aromatic carbocycles. The van der Waals surface area contributed by atoms with Gasteiger partial charge in [0.25, 0.3) is 5.91 Å². The van der Waals surface area contributed by atoms with E-state index in [9.17, 15) is 19.2 Å². The average Bonchev–Trinajstić information content (AvgIpc) is 2.61. The topological polar surface area (TPSA) is 128 Å². The number of hydrogen-bond acceptors (Lipinski definition) is 4. The Hall–Kier alpha value is -3.88. The van der Waals surface area contributed by atoms with E-state index in [1.165, 1.54) is 33.0 Å². The van der Waals surface area contributed by atoms with Crippen LogP contribution in [0.5, 0.6) is 0 Å². The van der Waals surface area contributed by atoms with Crippen LogP contribution >= 0.6 is 0 Å². The lowest BCUT2D eigenvalue weighted by molar-refractivity contribution is -0.115. The summed E-state index contributed by atoms with van der Waals surface area (Å²) in [6.45, 7) is 2.69. The highest BCUT2D eigenvalue weighted by Gasteiger charge is 2.11. The largest absolute Gasteiger partial charge is 0.341 e. The molecule has 0 bridgehead atoms. The van der Waals surface area contributed by atoms with E-state index in [4.69, 9.17) is 0 Å². The summed E-state index contributed by atoms with van der Waals surface area (Å²) in [7, 11) is 1.51. The average molecular weight is 383 g/mol. The molecular weight excluding hydrogens is 362 g/mol. The van der Waals surface area contributed by atoms with Gasteiger partial charge in [-0.3, -0.25) is 14.4 Å². The number of urea groups is 1. The molecule has 9 nitrogen and oxygen atoms in total. The van der Waals surface area contributed by atoms with E-state index in [1.54, 1.807) is 30.3 Å². The van der Waals surface area contributed by atoms with E-state index >= 15 is 0 Å². The van der Waals surface area contributed by atoms with Crippen molar-refractivity contribution in [3.05, 3.63) is 48.0 Å². The van der Waals surface area contributed by atoms with Gasteiger partial charge in [0.05, 0.1) is 0 Å². The van der Waals surface area contributed by atoms with E-state index in [2.05, 4.69) is 26.6 Å². The standard InChI is InChI=1S/C19H21N5O4/c1-11(25)21-16-8-13(9-17(10-16)22-12(2)26)18(27)23-14-4-6-15(7-5-14)24-19(28)20-3/h4-10H,1-3H3,(H,21,25)(H,22,26)(H,23,27)(H2,20,24,28). The maximum absolute atomic E-state index is 12.6. The second kappa shape index (κ2) is 9.17. The highest BCUT2D eigenvalue weighted by Crippen LogP contribution is 2.21. The molecule has 2 rings (SSSR count). The molecule has 9 heteroatoms. The van der Waals surface area contributed by atoms with Crippen LogP contribution in [0.25, 0.3) is 0 Å². The molecule has 0 aromatic heterocycles. The smallest absolute Gasteiger partial charge is 0.318 e. The molecule has 0 aliphatic heterocycles. The number of amides is 5. The number of rotatable bonds is 5. The number of carbonyl (C=O) groups excluding carboxylic acids is 4. The first-order chi connectivity index (χ1) is 13.3. The van der Waals surface area contributed by atoms with Crippen LogP contribution in [0, 0.1) is 0 Å². The van der Waals surface area contributed by atoms with Gasteiger partial charge in [-0.2, -0.15) is 0 Å². The van der Waals surface area contributed by atoms with Gasteiger partial charge in [-0.1, -0.05) is 0 Å². The third kappa shape index (κ3) is 6.13. The molecule has 28 heavy (non-hydrogen) atoms. The van der Waals surface area contributed by atoms with E-state index < -0.39 is 5.91 Å². The van der Waals surface area contributed by atoms with Crippen LogP contribution in [-0.2, 0) is 9.59 Å². The van der Waals surface area contributed by atoms with Gasteiger partial charge in [-0.15, -0.1) is 0 Å². The van der Waals surface area contributed by atoms with Crippen molar-refractivity contribution in [1.29, 1.82) is 0 Å². The van der Waals surface area contributed by atoms with Crippen molar-refractivity contribution in [2.75, 3.05) is 28.3 Å². The number of benzene rings is 2. The normalized spacial score (nSPS) is 9.82. The quantitative estimate of drug-likeness (QED) is 0.543. The third-order valence-electron chi connectivity index (χ3n) is 3.46. The van der Waals surface area contributed by atoms with Crippen molar-refractivity contribution in [3.63, 3.8) is 0 Å². The van der Waals surface area contributed by atoms with Crippen molar-refractivity contribution in [3.8, 4) is 0 Å². The molecule has 0 atom stereocenters. The summed E-state index contributed by atoms with van der Waals surface area (Å²) >= 11 is 0. The Kier molecular flexibility index (Phi) is 6.69. The minimum Gasteiger partial charge on any atom is -0.341 e. The SMILES string of the molecule is CNC(=O)Nc1ccc(NC(=O)c2cc(NC(C)=O)cc(NC(C)=O)c2)cc1. The van der Waals surface area contributed by atoms with Gasteiger partial charge in [0.15, 0.2) is 0 Å². The fourth-order valence-electron chi connectivity index (χ4n) is 2.34. The summed E-state index contributed by atoms with van der Waals surface area (Å²) in [4.78, 5) is 46.5. The monoisotopic (exact) mass is 383 g/mol. The first-order valence-electron chi connectivity index (χ1n) is 8.37. The predicted octanol–water partition coefficient (Wildman–Crippen LogP) is 2.61. The van der Waals surface area contributed by atoms with Crippen LogP contribution in [0.1, 0.15) is 24.2 Å².